The van der Waals surface area contributed by atoms with E-state index >= 15 is 0 Å². The van der Waals surface area contributed by atoms with Gasteiger partial charge in [-0.05, 0) is 67.3 Å². The number of rotatable bonds is 4. The van der Waals surface area contributed by atoms with Crippen LogP contribution in [0.1, 0.15) is 11.1 Å². The summed E-state index contributed by atoms with van der Waals surface area (Å²) in [7, 11) is 0. The average Bonchev–Trinajstić information content (AvgIpc) is 2.37. The fourth-order valence-corrected chi connectivity index (χ4v) is 3.44. The SMILES string of the molecule is Fc1cccc(COc2c(Br)cc(CBr)cc2Br)c1. The van der Waals surface area contributed by atoms with Gasteiger partial charge in [-0.15, -0.1) is 0 Å². The molecular formula is C14H10Br3FO. The lowest BCUT2D eigenvalue weighted by atomic mass is 10.2. The van der Waals surface area contributed by atoms with Crippen LogP contribution in [-0.2, 0) is 11.9 Å². The maximum absolute atomic E-state index is 13.1. The van der Waals surface area contributed by atoms with Gasteiger partial charge in [0.05, 0.1) is 8.95 Å². The lowest BCUT2D eigenvalue weighted by Gasteiger charge is -2.11. The third kappa shape index (κ3) is 4.04. The summed E-state index contributed by atoms with van der Waals surface area (Å²) in [5, 5.41) is 0.772. The van der Waals surface area contributed by atoms with Gasteiger partial charge in [-0.1, -0.05) is 28.1 Å². The zero-order valence-electron chi connectivity index (χ0n) is 9.80. The van der Waals surface area contributed by atoms with Crippen molar-refractivity contribution in [2.75, 3.05) is 0 Å². The Labute approximate surface area is 136 Å². The Morgan fingerprint density at radius 1 is 1.00 bits per heavy atom. The second kappa shape index (κ2) is 6.86. The Morgan fingerprint density at radius 3 is 2.26 bits per heavy atom. The average molecular weight is 453 g/mol. The zero-order valence-corrected chi connectivity index (χ0v) is 14.6. The summed E-state index contributed by atoms with van der Waals surface area (Å²) >= 11 is 10.4. The second-order valence-electron chi connectivity index (χ2n) is 3.94. The fourth-order valence-electron chi connectivity index (χ4n) is 1.61. The van der Waals surface area contributed by atoms with Crippen LogP contribution >= 0.6 is 47.8 Å². The van der Waals surface area contributed by atoms with Crippen molar-refractivity contribution >= 4 is 47.8 Å². The second-order valence-corrected chi connectivity index (χ2v) is 6.21. The van der Waals surface area contributed by atoms with Crippen LogP contribution < -0.4 is 4.74 Å². The summed E-state index contributed by atoms with van der Waals surface area (Å²) < 4.78 is 20.5. The summed E-state index contributed by atoms with van der Waals surface area (Å²) in [5.74, 6) is 0.461. The molecule has 0 N–H and O–H groups in total. The van der Waals surface area contributed by atoms with Gasteiger partial charge in [0, 0.05) is 5.33 Å². The van der Waals surface area contributed by atoms with Crippen LogP contribution in [-0.4, -0.2) is 0 Å². The first-order valence-electron chi connectivity index (χ1n) is 5.51. The summed E-state index contributed by atoms with van der Waals surface area (Å²) in [4.78, 5) is 0. The molecule has 19 heavy (non-hydrogen) atoms. The molecule has 0 heterocycles. The molecule has 0 bridgehead atoms. The van der Waals surface area contributed by atoms with Gasteiger partial charge in [0.25, 0.3) is 0 Å². The van der Waals surface area contributed by atoms with Crippen molar-refractivity contribution in [3.05, 3.63) is 62.3 Å². The van der Waals surface area contributed by atoms with E-state index in [0.717, 1.165) is 25.4 Å². The first kappa shape index (κ1) is 15.0. The van der Waals surface area contributed by atoms with Crippen LogP contribution in [0.2, 0.25) is 0 Å². The van der Waals surface area contributed by atoms with E-state index in [1.807, 2.05) is 18.2 Å². The van der Waals surface area contributed by atoms with E-state index in [2.05, 4.69) is 47.8 Å². The Hall–Kier alpha value is -0.390. The highest BCUT2D eigenvalue weighted by atomic mass is 79.9. The van der Waals surface area contributed by atoms with Gasteiger partial charge in [0.15, 0.2) is 0 Å². The predicted octanol–water partition coefficient (Wildman–Crippen LogP) is 5.82. The van der Waals surface area contributed by atoms with E-state index in [1.54, 1.807) is 6.07 Å². The van der Waals surface area contributed by atoms with Crippen LogP contribution in [0, 0.1) is 5.82 Å². The van der Waals surface area contributed by atoms with Gasteiger partial charge in [-0.2, -0.15) is 0 Å². The number of benzene rings is 2. The standard InChI is InChI=1S/C14H10Br3FO/c15-7-10-5-12(16)14(13(17)6-10)19-8-9-2-1-3-11(18)4-9/h1-6H,7-8H2. The van der Waals surface area contributed by atoms with Crippen molar-refractivity contribution in [2.24, 2.45) is 0 Å². The minimum atomic E-state index is -0.256. The van der Waals surface area contributed by atoms with Gasteiger partial charge in [0.1, 0.15) is 18.2 Å². The number of hydrogen-bond donors (Lipinski definition) is 0. The Balaban J connectivity index is 2.16. The number of halogens is 4. The molecule has 0 amide bonds. The highest BCUT2D eigenvalue weighted by molar-refractivity contribution is 9.11. The van der Waals surface area contributed by atoms with Crippen LogP contribution in [0.5, 0.6) is 5.75 Å². The maximum Gasteiger partial charge on any atom is 0.148 e. The van der Waals surface area contributed by atoms with Crippen LogP contribution in [0.3, 0.4) is 0 Å². The minimum absolute atomic E-state index is 0.256. The van der Waals surface area contributed by atoms with Crippen molar-refractivity contribution < 1.29 is 9.13 Å². The van der Waals surface area contributed by atoms with Crippen molar-refractivity contribution in [2.45, 2.75) is 11.9 Å². The molecule has 0 radical (unpaired) electrons. The molecule has 2 aromatic carbocycles. The molecule has 100 valence electrons. The van der Waals surface area contributed by atoms with Gasteiger partial charge >= 0.3 is 0 Å². The Bertz CT molecular complexity index is 564. The molecule has 1 nitrogen and oxygen atoms in total. The van der Waals surface area contributed by atoms with E-state index in [9.17, 15) is 4.39 Å². The van der Waals surface area contributed by atoms with Crippen LogP contribution in [0.4, 0.5) is 4.39 Å². The van der Waals surface area contributed by atoms with Gasteiger partial charge in [-0.25, -0.2) is 4.39 Å². The molecule has 5 heteroatoms. The summed E-state index contributed by atoms with van der Waals surface area (Å²) in [6.45, 7) is 0.322. The van der Waals surface area contributed by atoms with E-state index in [0.29, 0.717) is 12.4 Å². The molecular weight excluding hydrogens is 443 g/mol. The van der Waals surface area contributed by atoms with Crippen LogP contribution in [0.15, 0.2) is 45.3 Å². The lowest BCUT2D eigenvalue weighted by Crippen LogP contribution is -1.98. The van der Waals surface area contributed by atoms with E-state index in [1.165, 1.54) is 12.1 Å². The van der Waals surface area contributed by atoms with E-state index in [4.69, 9.17) is 4.74 Å². The molecule has 0 aliphatic rings. The Morgan fingerprint density at radius 2 is 1.68 bits per heavy atom. The third-order valence-electron chi connectivity index (χ3n) is 2.48. The first-order chi connectivity index (χ1) is 9.10. The predicted molar refractivity (Wildman–Crippen MR) is 85.2 cm³/mol. The largest absolute Gasteiger partial charge is 0.487 e. The summed E-state index contributed by atoms with van der Waals surface area (Å²) in [6, 6.07) is 10.4. The van der Waals surface area contributed by atoms with Crippen molar-refractivity contribution in [1.29, 1.82) is 0 Å². The minimum Gasteiger partial charge on any atom is -0.487 e. The maximum atomic E-state index is 13.1. The molecule has 2 aromatic rings. The van der Waals surface area contributed by atoms with Gasteiger partial charge in [-0.3, -0.25) is 0 Å². The first-order valence-corrected chi connectivity index (χ1v) is 8.22. The van der Waals surface area contributed by atoms with Gasteiger partial charge < -0.3 is 4.74 Å². The highest BCUT2D eigenvalue weighted by Gasteiger charge is 2.09. The molecule has 2 rings (SSSR count). The molecule has 0 saturated heterocycles. The molecule has 0 fully saturated rings. The molecule has 0 atom stereocenters. The quantitative estimate of drug-likeness (QED) is 0.531. The molecule has 0 saturated carbocycles. The van der Waals surface area contributed by atoms with E-state index < -0.39 is 0 Å². The van der Waals surface area contributed by atoms with Crippen molar-refractivity contribution in [3.63, 3.8) is 0 Å². The smallest absolute Gasteiger partial charge is 0.148 e. The lowest BCUT2D eigenvalue weighted by molar-refractivity contribution is 0.301. The van der Waals surface area contributed by atoms with E-state index in [-0.39, 0.29) is 5.82 Å². The molecule has 0 spiro atoms. The number of hydrogen-bond acceptors (Lipinski definition) is 1. The summed E-state index contributed by atoms with van der Waals surface area (Å²) in [5.41, 5.74) is 1.93. The Kier molecular flexibility index (Phi) is 5.42. The topological polar surface area (TPSA) is 9.23 Å². The molecule has 0 aliphatic carbocycles. The summed E-state index contributed by atoms with van der Waals surface area (Å²) in [6.07, 6.45) is 0. The molecule has 0 unspecified atom stereocenters. The third-order valence-corrected chi connectivity index (χ3v) is 4.31. The normalized spacial score (nSPS) is 10.5. The zero-order chi connectivity index (χ0) is 13.8. The van der Waals surface area contributed by atoms with Crippen molar-refractivity contribution in [1.82, 2.24) is 0 Å². The van der Waals surface area contributed by atoms with Crippen molar-refractivity contribution in [3.8, 4) is 5.75 Å². The number of ether oxygens (including phenoxy) is 1. The number of alkyl halides is 1. The fraction of sp³-hybridized carbons (Fsp3) is 0.143. The monoisotopic (exact) mass is 450 g/mol. The molecule has 0 aliphatic heterocycles. The van der Waals surface area contributed by atoms with Crippen LogP contribution in [0.25, 0.3) is 0 Å². The van der Waals surface area contributed by atoms with Gasteiger partial charge in [0.2, 0.25) is 0 Å². The molecule has 0 aromatic heterocycles. The highest BCUT2D eigenvalue weighted by Crippen LogP contribution is 2.35.